The third-order valence-electron chi connectivity index (χ3n) is 10.8. The Bertz CT molecular complexity index is 1650. The van der Waals surface area contributed by atoms with Crippen molar-refractivity contribution in [1.29, 1.82) is 0 Å². The zero-order valence-corrected chi connectivity index (χ0v) is 31.0. The zero-order valence-electron chi connectivity index (χ0n) is 31.0. The quantitative estimate of drug-likeness (QED) is 0.180. The summed E-state index contributed by atoms with van der Waals surface area (Å²) in [5, 5.41) is 13.6. The van der Waals surface area contributed by atoms with E-state index in [-0.39, 0.29) is 43.9 Å². The van der Waals surface area contributed by atoms with Crippen LogP contribution in [0.4, 0.5) is 5.69 Å². The number of allylic oxidation sites excluding steroid dienone is 1. The summed E-state index contributed by atoms with van der Waals surface area (Å²) in [7, 11) is 1.50. The van der Waals surface area contributed by atoms with Gasteiger partial charge in [0.05, 0.1) is 43.2 Å². The molecule has 52 heavy (non-hydrogen) atoms. The average Bonchev–Trinajstić information content (AvgIpc) is 3.77. The van der Waals surface area contributed by atoms with E-state index >= 15 is 4.79 Å². The van der Waals surface area contributed by atoms with Gasteiger partial charge in [0.2, 0.25) is 11.8 Å². The molecule has 2 N–H and O–H groups in total. The molecule has 5 rings (SSSR count). The number of carbonyl (C=O) groups is 4. The Kier molecular flexibility index (Phi) is 12.4. The smallest absolute Gasteiger partial charge is 0.313 e. The maximum atomic E-state index is 15.0. The normalized spacial score (nSPS) is 25.0. The SMILES string of the molecule is C=CCCC(=O)N[C@@H](COC)[C@@H](OC(=O)[C@@H]1[C@H]2C(=O)N([C@@H](CO)C(C)C)[C@H](C(=O)N(CC=C)c3cc(C)ccc3C)[C@]23CC[C@H]1O3)c1ccccc1. The van der Waals surface area contributed by atoms with Crippen LogP contribution in [0.1, 0.15) is 62.3 Å². The van der Waals surface area contributed by atoms with Gasteiger partial charge in [0.25, 0.3) is 5.91 Å². The predicted octanol–water partition coefficient (Wildman–Crippen LogP) is 4.60. The van der Waals surface area contributed by atoms with Crippen LogP contribution >= 0.6 is 0 Å². The maximum Gasteiger partial charge on any atom is 0.313 e. The summed E-state index contributed by atoms with van der Waals surface area (Å²) < 4.78 is 18.5. The van der Waals surface area contributed by atoms with E-state index in [0.717, 1.165) is 11.1 Å². The van der Waals surface area contributed by atoms with Crippen LogP contribution in [0.3, 0.4) is 0 Å². The molecule has 2 aromatic carbocycles. The molecule has 11 nitrogen and oxygen atoms in total. The second-order valence-electron chi connectivity index (χ2n) is 14.5. The van der Waals surface area contributed by atoms with Gasteiger partial charge in [0, 0.05) is 25.8 Å². The second-order valence-corrected chi connectivity index (χ2v) is 14.5. The number of aliphatic hydroxyl groups excluding tert-OH is 1. The Morgan fingerprint density at radius 3 is 2.50 bits per heavy atom. The monoisotopic (exact) mass is 715 g/mol. The van der Waals surface area contributed by atoms with E-state index in [1.54, 1.807) is 17.1 Å². The number of methoxy groups -OCH3 is 1. The number of amides is 3. The molecule has 3 amide bonds. The zero-order chi connectivity index (χ0) is 37.7. The fourth-order valence-corrected chi connectivity index (χ4v) is 8.33. The molecule has 3 heterocycles. The van der Waals surface area contributed by atoms with Crippen molar-refractivity contribution >= 4 is 29.4 Å². The van der Waals surface area contributed by atoms with Crippen LogP contribution < -0.4 is 10.2 Å². The highest BCUT2D eigenvalue weighted by Crippen LogP contribution is 2.59. The Balaban J connectivity index is 1.55. The van der Waals surface area contributed by atoms with Crippen molar-refractivity contribution in [2.75, 3.05) is 31.8 Å². The Morgan fingerprint density at radius 1 is 1.13 bits per heavy atom. The molecule has 3 fully saturated rings. The lowest BCUT2D eigenvalue weighted by molar-refractivity contribution is -0.163. The highest BCUT2D eigenvalue weighted by atomic mass is 16.6. The van der Waals surface area contributed by atoms with E-state index in [2.05, 4.69) is 18.5 Å². The highest BCUT2D eigenvalue weighted by molar-refractivity contribution is 6.05. The van der Waals surface area contributed by atoms with Crippen LogP contribution in [0.25, 0.3) is 0 Å². The van der Waals surface area contributed by atoms with Gasteiger partial charge in [-0.3, -0.25) is 19.2 Å². The molecule has 0 radical (unpaired) electrons. The molecular formula is C41H53N3O8. The number of nitrogens with one attached hydrogen (secondary N) is 1. The van der Waals surface area contributed by atoms with E-state index in [9.17, 15) is 19.5 Å². The summed E-state index contributed by atoms with van der Waals surface area (Å²) in [5.41, 5.74) is 1.85. The molecule has 2 bridgehead atoms. The van der Waals surface area contributed by atoms with Crippen LogP contribution in [0.15, 0.2) is 73.8 Å². The number of hydrogen-bond donors (Lipinski definition) is 2. The van der Waals surface area contributed by atoms with Crippen LogP contribution in [0, 0.1) is 31.6 Å². The van der Waals surface area contributed by atoms with Gasteiger partial charge in [-0.25, -0.2) is 0 Å². The lowest BCUT2D eigenvalue weighted by Crippen LogP contribution is -2.60. The Labute approximate surface area is 307 Å². The lowest BCUT2D eigenvalue weighted by Gasteiger charge is -2.40. The van der Waals surface area contributed by atoms with Gasteiger partial charge in [-0.15, -0.1) is 13.2 Å². The first-order chi connectivity index (χ1) is 24.9. The number of likely N-dealkylation sites (tertiary alicyclic amines) is 1. The van der Waals surface area contributed by atoms with Gasteiger partial charge in [0.1, 0.15) is 17.7 Å². The van der Waals surface area contributed by atoms with Gasteiger partial charge in [0.15, 0.2) is 0 Å². The lowest BCUT2D eigenvalue weighted by atomic mass is 9.70. The number of esters is 1. The van der Waals surface area contributed by atoms with Gasteiger partial charge >= 0.3 is 5.97 Å². The molecule has 0 saturated carbocycles. The number of aryl methyl sites for hydroxylation is 2. The number of anilines is 1. The number of ether oxygens (including phenoxy) is 3. The average molecular weight is 716 g/mol. The number of hydrogen-bond acceptors (Lipinski definition) is 8. The molecule has 1 spiro atoms. The minimum Gasteiger partial charge on any atom is -0.455 e. The molecule has 3 saturated heterocycles. The van der Waals surface area contributed by atoms with Crippen LogP contribution in [-0.4, -0.2) is 90.4 Å². The number of rotatable bonds is 17. The molecule has 280 valence electrons. The highest BCUT2D eigenvalue weighted by Gasteiger charge is 2.76. The van der Waals surface area contributed by atoms with E-state index in [1.807, 2.05) is 76.2 Å². The van der Waals surface area contributed by atoms with Crippen molar-refractivity contribution in [2.45, 2.75) is 89.3 Å². The molecule has 0 unspecified atom stereocenters. The molecule has 0 aliphatic carbocycles. The van der Waals surface area contributed by atoms with Gasteiger partial charge in [-0.2, -0.15) is 0 Å². The second kappa shape index (κ2) is 16.6. The number of benzene rings is 2. The van der Waals surface area contributed by atoms with E-state index in [0.29, 0.717) is 30.5 Å². The maximum absolute atomic E-state index is 15.0. The number of fused-ring (bicyclic) bond motifs is 1. The van der Waals surface area contributed by atoms with Crippen molar-refractivity contribution in [3.05, 3.63) is 90.5 Å². The first kappa shape index (κ1) is 38.9. The molecule has 3 aliphatic heterocycles. The summed E-state index contributed by atoms with van der Waals surface area (Å²) in [4.78, 5) is 60.5. The minimum atomic E-state index is -1.32. The largest absolute Gasteiger partial charge is 0.455 e. The van der Waals surface area contributed by atoms with Crippen molar-refractivity contribution in [3.63, 3.8) is 0 Å². The number of nitrogens with zero attached hydrogens (tertiary/aromatic N) is 2. The molecule has 3 aliphatic rings. The van der Waals surface area contributed by atoms with Crippen molar-refractivity contribution in [1.82, 2.24) is 10.2 Å². The first-order valence-electron chi connectivity index (χ1n) is 18.2. The van der Waals surface area contributed by atoms with Crippen molar-refractivity contribution in [3.8, 4) is 0 Å². The van der Waals surface area contributed by atoms with Crippen LogP contribution in [-0.2, 0) is 33.4 Å². The molecular weight excluding hydrogens is 662 g/mol. The first-order valence-corrected chi connectivity index (χ1v) is 18.2. The topological polar surface area (TPSA) is 135 Å². The summed E-state index contributed by atoms with van der Waals surface area (Å²) in [6.45, 7) is 15.1. The molecule has 0 aromatic heterocycles. The molecule has 8 atom stereocenters. The summed E-state index contributed by atoms with van der Waals surface area (Å²) in [5.74, 6) is -3.94. The van der Waals surface area contributed by atoms with Crippen LogP contribution in [0.2, 0.25) is 0 Å². The standard InChI is InChI=1S/C41H53N3O8/c1-8-10-16-33(46)42-29(24-50-7)36(28-14-12-11-13-15-28)51-40(49)34-32-19-20-41(52-32)35(34)38(47)44(31(23-45)25(3)4)37(41)39(48)43(21-9-2)30-22-26(5)17-18-27(30)6/h8-9,11-15,17-18,22,25,29,31-32,34-37,45H,1-2,10,16,19-21,23-24H2,3-7H3,(H,42,46)/t29-,31-,32+,34-,35-,36-,37+,41-/m0/s1. The fourth-order valence-electron chi connectivity index (χ4n) is 8.33. The van der Waals surface area contributed by atoms with Crippen molar-refractivity contribution in [2.24, 2.45) is 17.8 Å². The molecule has 11 heteroatoms. The fraction of sp³-hybridized carbons (Fsp3) is 0.512. The van der Waals surface area contributed by atoms with Crippen molar-refractivity contribution < 1.29 is 38.5 Å². The summed E-state index contributed by atoms with van der Waals surface area (Å²) in [6.07, 6.45) is 3.18. The predicted molar refractivity (Wildman–Crippen MR) is 197 cm³/mol. The van der Waals surface area contributed by atoms with Gasteiger partial charge in [-0.1, -0.05) is 68.5 Å². The number of carbonyl (C=O) groups excluding carboxylic acids is 4. The van der Waals surface area contributed by atoms with Gasteiger partial charge < -0.3 is 34.4 Å². The Hall–Kier alpha value is -4.32. The summed E-state index contributed by atoms with van der Waals surface area (Å²) >= 11 is 0. The number of aliphatic hydroxyl groups is 1. The molecule has 2 aromatic rings. The third kappa shape index (κ3) is 7.31. The van der Waals surface area contributed by atoms with E-state index < -0.39 is 59.6 Å². The Morgan fingerprint density at radius 2 is 1.87 bits per heavy atom. The van der Waals surface area contributed by atoms with Crippen LogP contribution in [0.5, 0.6) is 0 Å². The van der Waals surface area contributed by atoms with Gasteiger partial charge in [-0.05, 0) is 61.8 Å². The third-order valence-corrected chi connectivity index (χ3v) is 10.8. The van der Waals surface area contributed by atoms with E-state index in [1.165, 1.54) is 12.0 Å². The summed E-state index contributed by atoms with van der Waals surface area (Å²) in [6, 6.07) is 12.4. The minimum absolute atomic E-state index is 0.0536. The van der Waals surface area contributed by atoms with E-state index in [4.69, 9.17) is 14.2 Å².